The van der Waals surface area contributed by atoms with Crippen LogP contribution < -0.4 is 5.73 Å². The van der Waals surface area contributed by atoms with Crippen molar-refractivity contribution in [1.29, 1.82) is 0 Å². The fourth-order valence-electron chi connectivity index (χ4n) is 2.32. The summed E-state index contributed by atoms with van der Waals surface area (Å²) in [7, 11) is 0. The molecule has 0 amide bonds. The van der Waals surface area contributed by atoms with Gasteiger partial charge in [-0.05, 0) is 31.0 Å². The van der Waals surface area contributed by atoms with E-state index in [2.05, 4.69) is 23.4 Å². The molecule has 3 N–H and O–H groups in total. The zero-order valence-electron chi connectivity index (χ0n) is 11.1. The summed E-state index contributed by atoms with van der Waals surface area (Å²) in [6.45, 7) is 5.24. The van der Waals surface area contributed by atoms with E-state index < -0.39 is 0 Å². The highest BCUT2D eigenvalue weighted by molar-refractivity contribution is 5.78. The highest BCUT2D eigenvalue weighted by Gasteiger charge is 2.26. The van der Waals surface area contributed by atoms with Gasteiger partial charge in [-0.25, -0.2) is 4.98 Å². The van der Waals surface area contributed by atoms with Gasteiger partial charge in [0.2, 0.25) is 0 Å². The number of rotatable bonds is 5. The Morgan fingerprint density at radius 1 is 1.33 bits per heavy atom. The van der Waals surface area contributed by atoms with Gasteiger partial charge in [0, 0.05) is 17.6 Å². The van der Waals surface area contributed by atoms with Crippen LogP contribution in [0.4, 0.5) is 5.69 Å². The standard InChI is InChI=1S/C14H21N3O/c1-3-14(4-2,9-18)8-17-10-16-12-7-11(15)5-6-13(12)17/h5-7,10,18H,3-4,8-9,15H2,1-2H3. The third-order valence-electron chi connectivity index (χ3n) is 3.99. The Labute approximate surface area is 107 Å². The molecule has 18 heavy (non-hydrogen) atoms. The van der Waals surface area contributed by atoms with E-state index in [1.54, 1.807) is 0 Å². The van der Waals surface area contributed by atoms with Gasteiger partial charge in [0.05, 0.1) is 24.0 Å². The normalized spacial score (nSPS) is 12.2. The Bertz CT molecular complexity index is 521. The molecular formula is C14H21N3O. The minimum absolute atomic E-state index is 0.0605. The molecule has 2 rings (SSSR count). The number of anilines is 1. The molecule has 4 heteroatoms. The quantitative estimate of drug-likeness (QED) is 0.797. The number of aliphatic hydroxyl groups excluding tert-OH is 1. The van der Waals surface area contributed by atoms with Crippen LogP contribution in [0.2, 0.25) is 0 Å². The van der Waals surface area contributed by atoms with E-state index in [0.717, 1.165) is 36.1 Å². The van der Waals surface area contributed by atoms with Crippen LogP contribution in [-0.2, 0) is 6.54 Å². The van der Waals surface area contributed by atoms with Crippen molar-refractivity contribution >= 4 is 16.7 Å². The maximum atomic E-state index is 9.64. The summed E-state index contributed by atoms with van der Waals surface area (Å²) in [6, 6.07) is 5.76. The number of nitrogens with two attached hydrogens (primary N) is 1. The summed E-state index contributed by atoms with van der Waals surface area (Å²) >= 11 is 0. The lowest BCUT2D eigenvalue weighted by Crippen LogP contribution is -2.29. The lowest BCUT2D eigenvalue weighted by Gasteiger charge is -2.29. The van der Waals surface area contributed by atoms with Gasteiger partial charge in [-0.3, -0.25) is 0 Å². The van der Waals surface area contributed by atoms with E-state index in [1.165, 1.54) is 0 Å². The molecule has 1 aromatic carbocycles. The second kappa shape index (κ2) is 4.98. The Morgan fingerprint density at radius 2 is 2.06 bits per heavy atom. The number of hydrogen-bond acceptors (Lipinski definition) is 3. The molecular weight excluding hydrogens is 226 g/mol. The number of fused-ring (bicyclic) bond motifs is 1. The van der Waals surface area contributed by atoms with Crippen molar-refractivity contribution in [3.63, 3.8) is 0 Å². The fraction of sp³-hybridized carbons (Fsp3) is 0.500. The highest BCUT2D eigenvalue weighted by atomic mass is 16.3. The summed E-state index contributed by atoms with van der Waals surface area (Å²) < 4.78 is 2.11. The average Bonchev–Trinajstić information content (AvgIpc) is 2.78. The zero-order chi connectivity index (χ0) is 13.2. The second-order valence-corrected chi connectivity index (χ2v) is 4.99. The first-order valence-electron chi connectivity index (χ1n) is 6.45. The van der Waals surface area contributed by atoms with Crippen LogP contribution in [0.25, 0.3) is 11.0 Å². The fourth-order valence-corrected chi connectivity index (χ4v) is 2.32. The van der Waals surface area contributed by atoms with Crippen molar-refractivity contribution in [2.45, 2.75) is 33.2 Å². The molecule has 4 nitrogen and oxygen atoms in total. The van der Waals surface area contributed by atoms with Gasteiger partial charge in [0.1, 0.15) is 0 Å². The smallest absolute Gasteiger partial charge is 0.0958 e. The molecule has 0 radical (unpaired) electrons. The van der Waals surface area contributed by atoms with Crippen LogP contribution in [0.1, 0.15) is 26.7 Å². The van der Waals surface area contributed by atoms with Crippen LogP contribution >= 0.6 is 0 Å². The Morgan fingerprint density at radius 3 is 2.67 bits per heavy atom. The summed E-state index contributed by atoms with van der Waals surface area (Å²) in [6.07, 6.45) is 3.74. The molecule has 1 heterocycles. The molecule has 1 aromatic heterocycles. The first-order chi connectivity index (χ1) is 8.64. The highest BCUT2D eigenvalue weighted by Crippen LogP contribution is 2.29. The molecule has 2 aromatic rings. The molecule has 0 aliphatic rings. The first-order valence-corrected chi connectivity index (χ1v) is 6.45. The van der Waals surface area contributed by atoms with Gasteiger partial charge in [0.25, 0.3) is 0 Å². The molecule has 0 aliphatic heterocycles. The maximum Gasteiger partial charge on any atom is 0.0958 e. The van der Waals surface area contributed by atoms with Crippen molar-refractivity contribution in [3.8, 4) is 0 Å². The molecule has 0 aliphatic carbocycles. The lowest BCUT2D eigenvalue weighted by atomic mass is 9.83. The molecule has 0 spiro atoms. The number of aliphatic hydroxyl groups is 1. The van der Waals surface area contributed by atoms with Gasteiger partial charge in [0.15, 0.2) is 0 Å². The van der Waals surface area contributed by atoms with Crippen LogP contribution in [0.15, 0.2) is 24.5 Å². The van der Waals surface area contributed by atoms with Crippen molar-refractivity contribution in [1.82, 2.24) is 9.55 Å². The van der Waals surface area contributed by atoms with Crippen molar-refractivity contribution in [2.75, 3.05) is 12.3 Å². The van der Waals surface area contributed by atoms with Crippen LogP contribution in [0.3, 0.4) is 0 Å². The van der Waals surface area contributed by atoms with E-state index >= 15 is 0 Å². The Kier molecular flexibility index (Phi) is 3.57. The van der Waals surface area contributed by atoms with Crippen molar-refractivity contribution in [2.24, 2.45) is 5.41 Å². The Hall–Kier alpha value is -1.55. The first kappa shape index (κ1) is 12.9. The van der Waals surface area contributed by atoms with Gasteiger partial charge in [-0.2, -0.15) is 0 Å². The largest absolute Gasteiger partial charge is 0.399 e. The summed E-state index contributed by atoms with van der Waals surface area (Å²) in [5.41, 5.74) is 8.40. The summed E-state index contributed by atoms with van der Waals surface area (Å²) in [4.78, 5) is 4.37. The molecule has 0 bridgehead atoms. The number of imidazole rings is 1. The summed E-state index contributed by atoms with van der Waals surface area (Å²) in [5, 5.41) is 9.64. The maximum absolute atomic E-state index is 9.64. The molecule has 0 saturated heterocycles. The molecule has 98 valence electrons. The minimum atomic E-state index is -0.0605. The topological polar surface area (TPSA) is 64.1 Å². The van der Waals surface area contributed by atoms with Crippen molar-refractivity contribution < 1.29 is 5.11 Å². The van der Waals surface area contributed by atoms with Crippen molar-refractivity contribution in [3.05, 3.63) is 24.5 Å². The molecule has 0 fully saturated rings. The zero-order valence-corrected chi connectivity index (χ0v) is 11.1. The SMILES string of the molecule is CCC(CC)(CO)Cn1cnc2cc(N)ccc21. The van der Waals surface area contributed by atoms with Gasteiger partial charge in [-0.1, -0.05) is 13.8 Å². The van der Waals surface area contributed by atoms with Gasteiger partial charge >= 0.3 is 0 Å². The lowest BCUT2D eigenvalue weighted by molar-refractivity contribution is 0.0970. The number of nitrogen functional groups attached to an aromatic ring is 1. The number of aromatic nitrogens is 2. The molecule has 0 saturated carbocycles. The Balaban J connectivity index is 2.37. The van der Waals surface area contributed by atoms with Crippen LogP contribution in [-0.4, -0.2) is 21.3 Å². The van der Waals surface area contributed by atoms with Gasteiger partial charge < -0.3 is 15.4 Å². The number of nitrogens with zero attached hydrogens (tertiary/aromatic N) is 2. The summed E-state index contributed by atoms with van der Waals surface area (Å²) in [5.74, 6) is 0. The predicted molar refractivity (Wildman–Crippen MR) is 74.2 cm³/mol. The molecule has 0 atom stereocenters. The van der Waals surface area contributed by atoms with Crippen LogP contribution in [0, 0.1) is 5.41 Å². The van der Waals surface area contributed by atoms with Gasteiger partial charge in [-0.15, -0.1) is 0 Å². The van der Waals surface area contributed by atoms with E-state index in [9.17, 15) is 5.11 Å². The van der Waals surface area contributed by atoms with Crippen LogP contribution in [0.5, 0.6) is 0 Å². The van der Waals surface area contributed by atoms with E-state index in [1.807, 2.05) is 24.5 Å². The van der Waals surface area contributed by atoms with E-state index in [-0.39, 0.29) is 12.0 Å². The number of hydrogen-bond donors (Lipinski definition) is 2. The monoisotopic (exact) mass is 247 g/mol. The molecule has 0 unspecified atom stereocenters. The third-order valence-corrected chi connectivity index (χ3v) is 3.99. The predicted octanol–water partition coefficient (Wildman–Crippen LogP) is 2.42. The third kappa shape index (κ3) is 2.20. The average molecular weight is 247 g/mol. The number of benzene rings is 1. The van der Waals surface area contributed by atoms with E-state index in [0.29, 0.717) is 0 Å². The second-order valence-electron chi connectivity index (χ2n) is 4.99. The minimum Gasteiger partial charge on any atom is -0.399 e. The van der Waals surface area contributed by atoms with E-state index in [4.69, 9.17) is 5.73 Å².